The zero-order chi connectivity index (χ0) is 13.9. The van der Waals surface area contributed by atoms with Crippen molar-refractivity contribution in [2.75, 3.05) is 6.61 Å². The number of nitrogens with two attached hydrogens (primary N) is 1. The number of hydrogen-bond donors (Lipinski definition) is 3. The average molecular weight is 283 g/mol. The van der Waals surface area contributed by atoms with E-state index in [9.17, 15) is 19.1 Å². The molecule has 0 aliphatic rings. The molecule has 0 heterocycles. The zero-order valence-corrected chi connectivity index (χ0v) is 12.6. The lowest BCUT2D eigenvalue weighted by atomic mass is 10.2. The van der Waals surface area contributed by atoms with Gasteiger partial charge in [0.05, 0.1) is 20.0 Å². The van der Waals surface area contributed by atoms with Crippen LogP contribution in [0.4, 0.5) is 0 Å². The van der Waals surface area contributed by atoms with Crippen LogP contribution in [0.3, 0.4) is 0 Å². The van der Waals surface area contributed by atoms with E-state index in [2.05, 4.69) is 0 Å². The molecule has 0 amide bonds. The molecular weight excluding hydrogens is 261 g/mol. The monoisotopic (exact) mass is 283 g/mol. The van der Waals surface area contributed by atoms with Gasteiger partial charge in [-0.3, -0.25) is 9.36 Å². The van der Waals surface area contributed by atoms with Crippen LogP contribution in [0.1, 0.15) is 13.3 Å². The van der Waals surface area contributed by atoms with Gasteiger partial charge in [-0.2, -0.15) is 0 Å². The Morgan fingerprint density at radius 1 is 1.41 bits per heavy atom. The molecule has 0 aliphatic carbocycles. The summed E-state index contributed by atoms with van der Waals surface area (Å²) in [4.78, 5) is 30.0. The fourth-order valence-corrected chi connectivity index (χ4v) is 7.08. The van der Waals surface area contributed by atoms with E-state index in [-0.39, 0.29) is 13.0 Å². The van der Waals surface area contributed by atoms with Crippen LogP contribution in [-0.4, -0.2) is 41.8 Å². The van der Waals surface area contributed by atoms with Crippen molar-refractivity contribution in [3.05, 3.63) is 0 Å². The molecular formula is C9H22NO5PSi. The smallest absolute Gasteiger partial charge is 0.325 e. The number of carbonyl (C=O) groups excluding carboxylic acids is 1. The van der Waals surface area contributed by atoms with E-state index in [0.717, 1.165) is 0 Å². The highest BCUT2D eigenvalue weighted by molar-refractivity contribution is 7.56. The maximum atomic E-state index is 11.4. The summed E-state index contributed by atoms with van der Waals surface area (Å²) in [6.07, 6.45) is -0.0289. The molecule has 0 aromatic rings. The molecule has 0 aliphatic heterocycles. The van der Waals surface area contributed by atoms with Crippen molar-refractivity contribution in [2.45, 2.75) is 44.3 Å². The molecule has 0 bridgehead atoms. The van der Waals surface area contributed by atoms with Crippen LogP contribution in [0, 0.1) is 0 Å². The molecule has 8 heteroatoms. The third kappa shape index (κ3) is 5.79. The van der Waals surface area contributed by atoms with Gasteiger partial charge in [0.15, 0.2) is 0 Å². The molecule has 102 valence electrons. The van der Waals surface area contributed by atoms with E-state index in [1.54, 1.807) is 6.92 Å². The molecule has 0 fully saturated rings. The molecule has 0 aromatic heterocycles. The molecule has 2 atom stereocenters. The van der Waals surface area contributed by atoms with Crippen LogP contribution in [0.15, 0.2) is 0 Å². The second-order valence-electron chi connectivity index (χ2n) is 5.07. The first kappa shape index (κ1) is 16.8. The first-order valence-electron chi connectivity index (χ1n) is 5.47. The van der Waals surface area contributed by atoms with E-state index in [0.29, 0.717) is 0 Å². The predicted molar refractivity (Wildman–Crippen MR) is 68.4 cm³/mol. The highest BCUT2D eigenvalue weighted by atomic mass is 31.2. The molecule has 0 saturated heterocycles. The van der Waals surface area contributed by atoms with E-state index in [1.807, 2.05) is 19.6 Å². The molecule has 4 N–H and O–H groups in total. The Kier molecular flexibility index (Phi) is 6.03. The number of esters is 1. The minimum absolute atomic E-state index is 0.0289. The van der Waals surface area contributed by atoms with Crippen LogP contribution < -0.4 is 5.73 Å². The summed E-state index contributed by atoms with van der Waals surface area (Å²) in [5.74, 6) is -0.607. The molecule has 0 radical (unpaired) electrons. The Balaban J connectivity index is 4.79. The van der Waals surface area contributed by atoms with E-state index in [1.165, 1.54) is 0 Å². The van der Waals surface area contributed by atoms with Crippen LogP contribution in [0.2, 0.25) is 19.6 Å². The summed E-state index contributed by atoms with van der Waals surface area (Å²) < 4.78 is 16.1. The summed E-state index contributed by atoms with van der Waals surface area (Å²) in [6, 6.07) is -0.973. The first-order chi connectivity index (χ1) is 7.50. The Hall–Kier alpha value is -0.203. The Bertz CT molecular complexity index is 311. The second-order valence-corrected chi connectivity index (χ2v) is 12.8. The van der Waals surface area contributed by atoms with Gasteiger partial charge in [-0.05, 0) is 13.3 Å². The molecule has 0 spiro atoms. The largest absolute Gasteiger partial charge is 0.465 e. The van der Waals surface area contributed by atoms with Crippen LogP contribution in [-0.2, 0) is 14.1 Å². The minimum Gasteiger partial charge on any atom is -0.465 e. The summed E-state index contributed by atoms with van der Waals surface area (Å²) in [6.45, 7) is 7.39. The van der Waals surface area contributed by atoms with Crippen molar-refractivity contribution < 1.29 is 23.9 Å². The van der Waals surface area contributed by atoms with Crippen molar-refractivity contribution >= 4 is 21.6 Å². The SMILES string of the molecule is CCOC(=O)[C@@H](N)C[C@H]([Si](C)(C)C)P(=O)(O)O. The van der Waals surface area contributed by atoms with Gasteiger partial charge in [-0.25, -0.2) is 0 Å². The van der Waals surface area contributed by atoms with Crippen LogP contribution >= 0.6 is 7.60 Å². The molecule has 0 saturated carbocycles. The van der Waals surface area contributed by atoms with Crippen molar-refractivity contribution in [3.63, 3.8) is 0 Å². The van der Waals surface area contributed by atoms with E-state index >= 15 is 0 Å². The fraction of sp³-hybridized carbons (Fsp3) is 0.889. The van der Waals surface area contributed by atoms with Crippen molar-refractivity contribution in [3.8, 4) is 0 Å². The average Bonchev–Trinajstić information content (AvgIpc) is 2.10. The maximum absolute atomic E-state index is 11.4. The van der Waals surface area contributed by atoms with E-state index < -0.39 is 33.0 Å². The molecule has 6 nitrogen and oxygen atoms in total. The lowest BCUT2D eigenvalue weighted by molar-refractivity contribution is -0.144. The standard InChI is InChI=1S/C9H22NO5PSi/c1-5-15-9(11)7(10)6-8(16(12,13)14)17(2,3)4/h7-8H,5-6,10H2,1-4H3,(H2,12,13,14)/t7-,8-/m0/s1. The van der Waals surface area contributed by atoms with Gasteiger partial charge >= 0.3 is 13.6 Å². The summed E-state index contributed by atoms with van der Waals surface area (Å²) >= 11 is 0. The molecule has 0 unspecified atom stereocenters. The van der Waals surface area contributed by atoms with Crippen molar-refractivity contribution in [1.82, 2.24) is 0 Å². The van der Waals surface area contributed by atoms with E-state index in [4.69, 9.17) is 10.5 Å². The normalized spacial score (nSPS) is 16.4. The Morgan fingerprint density at radius 2 is 1.88 bits per heavy atom. The number of carbonyl (C=O) groups is 1. The quantitative estimate of drug-likeness (QED) is 0.376. The number of hydrogen-bond acceptors (Lipinski definition) is 4. The summed E-state index contributed by atoms with van der Waals surface area (Å²) in [5, 5.41) is -0.825. The lowest BCUT2D eigenvalue weighted by Gasteiger charge is -2.30. The second kappa shape index (κ2) is 6.11. The summed E-state index contributed by atoms with van der Waals surface area (Å²) in [5.41, 5.74) is 5.60. The Morgan fingerprint density at radius 3 is 2.18 bits per heavy atom. The van der Waals surface area contributed by atoms with Crippen molar-refractivity contribution in [2.24, 2.45) is 5.73 Å². The van der Waals surface area contributed by atoms with Crippen molar-refractivity contribution in [1.29, 1.82) is 0 Å². The third-order valence-corrected chi connectivity index (χ3v) is 9.06. The van der Waals surface area contributed by atoms with Crippen LogP contribution in [0.25, 0.3) is 0 Å². The summed E-state index contributed by atoms with van der Waals surface area (Å²) in [7, 11) is -6.34. The van der Waals surface area contributed by atoms with Crippen LogP contribution in [0.5, 0.6) is 0 Å². The van der Waals surface area contributed by atoms with Gasteiger partial charge in [0.1, 0.15) is 6.04 Å². The van der Waals surface area contributed by atoms with Gasteiger partial charge in [-0.15, -0.1) is 0 Å². The number of rotatable bonds is 6. The molecule has 0 rings (SSSR count). The Labute approximate surface area is 103 Å². The highest BCUT2D eigenvalue weighted by Crippen LogP contribution is 2.47. The number of ether oxygens (including phenoxy) is 1. The van der Waals surface area contributed by atoms with Gasteiger partial charge in [0.2, 0.25) is 0 Å². The topological polar surface area (TPSA) is 110 Å². The van der Waals surface area contributed by atoms with Gasteiger partial charge in [0.25, 0.3) is 0 Å². The maximum Gasteiger partial charge on any atom is 0.325 e. The van der Waals surface area contributed by atoms with Gasteiger partial charge < -0.3 is 20.3 Å². The first-order valence-corrected chi connectivity index (χ1v) is 10.7. The molecule has 0 aromatic carbocycles. The minimum atomic E-state index is -4.24. The molecule has 17 heavy (non-hydrogen) atoms. The van der Waals surface area contributed by atoms with Gasteiger partial charge in [0, 0.05) is 0 Å². The lowest BCUT2D eigenvalue weighted by Crippen LogP contribution is -2.45. The third-order valence-electron chi connectivity index (χ3n) is 2.47. The fourth-order valence-electron chi connectivity index (χ4n) is 1.58. The zero-order valence-electron chi connectivity index (χ0n) is 10.7. The predicted octanol–water partition coefficient (Wildman–Crippen LogP) is 0.691. The van der Waals surface area contributed by atoms with Gasteiger partial charge in [-0.1, -0.05) is 19.6 Å². The highest BCUT2D eigenvalue weighted by Gasteiger charge is 2.42.